The van der Waals surface area contributed by atoms with Gasteiger partial charge in [0.05, 0.1) is 0 Å². The average molecular weight is 424 g/mol. The lowest BCUT2D eigenvalue weighted by Crippen LogP contribution is -2.56. The third kappa shape index (κ3) is 3.95. The van der Waals surface area contributed by atoms with Crippen LogP contribution < -0.4 is 0 Å². The average Bonchev–Trinajstić information content (AvgIpc) is 3.68. The highest BCUT2D eigenvalue weighted by Crippen LogP contribution is 2.50. The van der Waals surface area contributed by atoms with Crippen LogP contribution in [0, 0.1) is 23.5 Å². The predicted octanol–water partition coefficient (Wildman–Crippen LogP) is 3.93. The Hall–Kier alpha value is -2.76. The molecule has 162 valence electrons. The lowest BCUT2D eigenvalue weighted by Gasteiger charge is -2.40. The maximum absolute atomic E-state index is 13.1. The van der Waals surface area contributed by atoms with E-state index in [0.717, 1.165) is 24.0 Å². The summed E-state index contributed by atoms with van der Waals surface area (Å²) in [4.78, 5) is 29.8. The summed E-state index contributed by atoms with van der Waals surface area (Å²) < 4.78 is 26.3. The number of benzene rings is 2. The van der Waals surface area contributed by atoms with Crippen molar-refractivity contribution in [2.75, 3.05) is 19.6 Å². The van der Waals surface area contributed by atoms with Crippen LogP contribution in [-0.2, 0) is 9.59 Å². The molecule has 0 bridgehead atoms. The van der Waals surface area contributed by atoms with Crippen LogP contribution in [0.15, 0.2) is 48.5 Å². The fraction of sp³-hybridized carbons (Fsp3) is 0.440. The fourth-order valence-electron chi connectivity index (χ4n) is 5.03. The van der Waals surface area contributed by atoms with E-state index in [2.05, 4.69) is 0 Å². The van der Waals surface area contributed by atoms with Gasteiger partial charge in [-0.15, -0.1) is 0 Å². The largest absolute Gasteiger partial charge is 0.339 e. The van der Waals surface area contributed by atoms with Gasteiger partial charge in [0.15, 0.2) is 0 Å². The lowest BCUT2D eigenvalue weighted by atomic mass is 10.1. The maximum Gasteiger partial charge on any atom is 0.226 e. The Labute approximate surface area is 180 Å². The van der Waals surface area contributed by atoms with Gasteiger partial charge < -0.3 is 9.80 Å². The Morgan fingerprint density at radius 2 is 1.26 bits per heavy atom. The number of halogens is 2. The summed E-state index contributed by atoms with van der Waals surface area (Å²) in [7, 11) is 0. The molecule has 2 aliphatic carbocycles. The van der Waals surface area contributed by atoms with Crippen molar-refractivity contribution >= 4 is 11.8 Å². The molecule has 2 saturated carbocycles. The molecular weight excluding hydrogens is 398 g/mol. The summed E-state index contributed by atoms with van der Waals surface area (Å²) in [5.74, 6) is 0.0215. The third-order valence-corrected chi connectivity index (χ3v) is 7.03. The van der Waals surface area contributed by atoms with Crippen molar-refractivity contribution < 1.29 is 18.4 Å². The third-order valence-electron chi connectivity index (χ3n) is 7.03. The van der Waals surface area contributed by atoms with Gasteiger partial charge >= 0.3 is 0 Å². The topological polar surface area (TPSA) is 40.6 Å². The number of amides is 2. The van der Waals surface area contributed by atoms with Gasteiger partial charge in [0.25, 0.3) is 0 Å². The van der Waals surface area contributed by atoms with Gasteiger partial charge in [-0.05, 0) is 67.0 Å². The molecule has 3 aliphatic rings. The van der Waals surface area contributed by atoms with Gasteiger partial charge in [0.1, 0.15) is 11.6 Å². The number of carbonyl (C=O) groups excluding carboxylic acids is 2. The van der Waals surface area contributed by atoms with Crippen LogP contribution in [0.2, 0.25) is 0 Å². The van der Waals surface area contributed by atoms with E-state index in [9.17, 15) is 18.4 Å². The van der Waals surface area contributed by atoms with Gasteiger partial charge in [0, 0.05) is 37.5 Å². The Balaban J connectivity index is 1.15. The van der Waals surface area contributed by atoms with Crippen LogP contribution in [0.3, 0.4) is 0 Å². The monoisotopic (exact) mass is 424 g/mol. The van der Waals surface area contributed by atoms with Gasteiger partial charge in [0.2, 0.25) is 11.8 Å². The molecule has 2 aromatic rings. The number of nitrogens with zero attached hydrogens (tertiary/aromatic N) is 2. The van der Waals surface area contributed by atoms with E-state index < -0.39 is 0 Å². The van der Waals surface area contributed by atoms with Crippen molar-refractivity contribution in [2.45, 2.75) is 37.6 Å². The first-order valence-corrected chi connectivity index (χ1v) is 11.0. The van der Waals surface area contributed by atoms with Crippen LogP contribution >= 0.6 is 0 Å². The van der Waals surface area contributed by atoms with Crippen LogP contribution in [0.5, 0.6) is 0 Å². The van der Waals surface area contributed by atoms with Crippen LogP contribution in [0.1, 0.15) is 42.7 Å². The van der Waals surface area contributed by atoms with E-state index in [-0.39, 0.29) is 53.2 Å². The second-order valence-corrected chi connectivity index (χ2v) is 9.17. The Bertz CT molecular complexity index is 992. The molecule has 2 aromatic carbocycles. The summed E-state index contributed by atoms with van der Waals surface area (Å²) in [5.41, 5.74) is 2.03. The number of hydrogen-bond donors (Lipinski definition) is 0. The van der Waals surface area contributed by atoms with Crippen molar-refractivity contribution in [1.82, 2.24) is 9.80 Å². The second kappa shape index (κ2) is 7.74. The molecule has 0 radical (unpaired) electrons. The van der Waals surface area contributed by atoms with Crippen LogP contribution in [0.4, 0.5) is 8.78 Å². The molecule has 1 heterocycles. The highest BCUT2D eigenvalue weighted by atomic mass is 19.1. The van der Waals surface area contributed by atoms with Crippen molar-refractivity contribution in [3.05, 3.63) is 71.3 Å². The smallest absolute Gasteiger partial charge is 0.226 e. The summed E-state index contributed by atoms with van der Waals surface area (Å²) in [5, 5.41) is 0. The zero-order valence-electron chi connectivity index (χ0n) is 17.5. The quantitative estimate of drug-likeness (QED) is 0.746. The van der Waals surface area contributed by atoms with Crippen molar-refractivity contribution in [3.8, 4) is 0 Å². The lowest BCUT2D eigenvalue weighted by molar-refractivity contribution is -0.144. The number of rotatable bonds is 4. The van der Waals surface area contributed by atoms with E-state index in [4.69, 9.17) is 0 Å². The predicted molar refractivity (Wildman–Crippen MR) is 112 cm³/mol. The van der Waals surface area contributed by atoms with Crippen LogP contribution in [0.25, 0.3) is 0 Å². The molecule has 5 atom stereocenters. The zero-order chi connectivity index (χ0) is 21.7. The maximum atomic E-state index is 13.1. The molecule has 0 N–H and O–H groups in total. The van der Waals surface area contributed by atoms with Crippen LogP contribution in [-0.4, -0.2) is 47.3 Å². The number of hydrogen-bond acceptors (Lipinski definition) is 2. The normalized spacial score (nSPS) is 29.6. The molecule has 3 fully saturated rings. The summed E-state index contributed by atoms with van der Waals surface area (Å²) in [6.45, 7) is 3.64. The first-order chi connectivity index (χ1) is 14.9. The Kier molecular flexibility index (Phi) is 5.03. The SMILES string of the molecule is C[C@H]1CN(C(=O)C2CC2c2ccc(F)cc2)CCN1C(=O)C1CC1c1ccc(F)cc1. The minimum absolute atomic E-state index is 0.0253. The zero-order valence-corrected chi connectivity index (χ0v) is 17.5. The molecule has 4 nitrogen and oxygen atoms in total. The molecule has 6 heteroatoms. The van der Waals surface area contributed by atoms with E-state index in [0.29, 0.717) is 19.6 Å². The van der Waals surface area contributed by atoms with Gasteiger partial charge in [-0.3, -0.25) is 9.59 Å². The molecule has 5 rings (SSSR count). The van der Waals surface area contributed by atoms with E-state index in [1.54, 1.807) is 24.3 Å². The van der Waals surface area contributed by atoms with E-state index >= 15 is 0 Å². The first kappa shape index (κ1) is 20.2. The van der Waals surface area contributed by atoms with E-state index in [1.165, 1.54) is 24.3 Å². The van der Waals surface area contributed by atoms with Gasteiger partial charge in [-0.2, -0.15) is 0 Å². The summed E-state index contributed by atoms with van der Waals surface area (Å²) >= 11 is 0. The molecule has 0 spiro atoms. The fourth-order valence-corrected chi connectivity index (χ4v) is 5.03. The Morgan fingerprint density at radius 1 is 0.774 bits per heavy atom. The minimum atomic E-state index is -0.265. The summed E-state index contributed by atoms with van der Waals surface area (Å²) in [6.07, 6.45) is 1.61. The molecular formula is C25H26F2N2O2. The van der Waals surface area contributed by atoms with E-state index in [1.807, 2.05) is 16.7 Å². The van der Waals surface area contributed by atoms with Crippen molar-refractivity contribution in [2.24, 2.45) is 11.8 Å². The highest BCUT2D eigenvalue weighted by Gasteiger charge is 2.49. The molecule has 1 aliphatic heterocycles. The Morgan fingerprint density at radius 3 is 1.74 bits per heavy atom. The second-order valence-electron chi connectivity index (χ2n) is 9.17. The van der Waals surface area contributed by atoms with Crippen molar-refractivity contribution in [1.29, 1.82) is 0 Å². The van der Waals surface area contributed by atoms with Gasteiger partial charge in [-0.1, -0.05) is 24.3 Å². The molecule has 2 amide bonds. The summed E-state index contributed by atoms with van der Waals surface area (Å²) in [6, 6.07) is 12.8. The number of carbonyl (C=O) groups is 2. The first-order valence-electron chi connectivity index (χ1n) is 11.0. The molecule has 4 unspecified atom stereocenters. The minimum Gasteiger partial charge on any atom is -0.339 e. The standard InChI is InChI=1S/C25H26F2N2O2/c1-15-14-28(24(30)22-12-20(22)16-2-6-18(26)7-3-16)10-11-29(15)25(31)23-13-21(23)17-4-8-19(27)9-5-17/h2-9,15,20-23H,10-14H2,1H3/t15-,20?,21?,22?,23?/m0/s1. The highest BCUT2D eigenvalue weighted by molar-refractivity contribution is 5.85. The number of piperazine rings is 1. The van der Waals surface area contributed by atoms with Gasteiger partial charge in [-0.25, -0.2) is 8.78 Å². The molecule has 1 saturated heterocycles. The molecule has 31 heavy (non-hydrogen) atoms. The van der Waals surface area contributed by atoms with Crippen molar-refractivity contribution in [3.63, 3.8) is 0 Å². The molecule has 0 aromatic heterocycles.